The van der Waals surface area contributed by atoms with Gasteiger partial charge in [0.1, 0.15) is 5.01 Å². The fourth-order valence-electron chi connectivity index (χ4n) is 1.75. The predicted molar refractivity (Wildman–Crippen MR) is 57.6 cm³/mol. The molecule has 0 radical (unpaired) electrons. The average Bonchev–Trinajstić information content (AvgIpc) is 2.71. The van der Waals surface area contributed by atoms with Crippen LogP contribution in [0.15, 0.2) is 0 Å². The first-order valence-electron chi connectivity index (χ1n) is 4.99. The summed E-state index contributed by atoms with van der Waals surface area (Å²) in [7, 11) is 0. The van der Waals surface area contributed by atoms with E-state index < -0.39 is 0 Å². The first-order valence-corrected chi connectivity index (χ1v) is 5.80. The standard InChI is InChI=1S/C10H16N2OS/c1-6(11)10-12-9(7(2)14-10)8-3-4-13-5-8/h6,8H,3-5,11H2,1-2H3/t6-,8?/m1/s1. The van der Waals surface area contributed by atoms with Crippen molar-refractivity contribution in [3.8, 4) is 0 Å². The van der Waals surface area contributed by atoms with Crippen molar-refractivity contribution in [3.63, 3.8) is 0 Å². The molecule has 0 amide bonds. The molecule has 1 aromatic rings. The third-order valence-electron chi connectivity index (χ3n) is 2.55. The van der Waals surface area contributed by atoms with E-state index in [4.69, 9.17) is 10.5 Å². The summed E-state index contributed by atoms with van der Waals surface area (Å²) in [6.45, 7) is 5.79. The van der Waals surface area contributed by atoms with Crippen molar-refractivity contribution in [3.05, 3.63) is 15.6 Å². The van der Waals surface area contributed by atoms with Gasteiger partial charge in [-0.05, 0) is 20.3 Å². The second-order valence-electron chi connectivity index (χ2n) is 3.84. The van der Waals surface area contributed by atoms with Crippen molar-refractivity contribution in [1.29, 1.82) is 0 Å². The molecular weight excluding hydrogens is 196 g/mol. The summed E-state index contributed by atoms with van der Waals surface area (Å²) in [5, 5.41) is 1.05. The fraction of sp³-hybridized carbons (Fsp3) is 0.700. The zero-order valence-corrected chi connectivity index (χ0v) is 9.43. The minimum Gasteiger partial charge on any atom is -0.381 e. The summed E-state index contributed by atoms with van der Waals surface area (Å²) in [5.74, 6) is 0.499. The van der Waals surface area contributed by atoms with Crippen molar-refractivity contribution in [2.24, 2.45) is 5.73 Å². The highest BCUT2D eigenvalue weighted by Gasteiger charge is 2.23. The van der Waals surface area contributed by atoms with Crippen LogP contribution in [0.2, 0.25) is 0 Å². The Morgan fingerprint density at radius 1 is 1.64 bits per heavy atom. The van der Waals surface area contributed by atoms with Gasteiger partial charge in [0.25, 0.3) is 0 Å². The molecule has 4 heteroatoms. The lowest BCUT2D eigenvalue weighted by Gasteiger charge is -2.04. The number of nitrogens with two attached hydrogens (primary N) is 1. The topological polar surface area (TPSA) is 48.1 Å². The van der Waals surface area contributed by atoms with Crippen LogP contribution in [-0.4, -0.2) is 18.2 Å². The molecule has 2 rings (SSSR count). The van der Waals surface area contributed by atoms with Crippen LogP contribution >= 0.6 is 11.3 Å². The SMILES string of the molecule is Cc1sc([C@@H](C)N)nc1C1CCOC1. The Labute approximate surface area is 88.3 Å². The first-order chi connectivity index (χ1) is 6.68. The summed E-state index contributed by atoms with van der Waals surface area (Å²) in [5.41, 5.74) is 7.02. The Morgan fingerprint density at radius 3 is 2.93 bits per heavy atom. The van der Waals surface area contributed by atoms with Gasteiger partial charge in [-0.2, -0.15) is 0 Å². The Kier molecular flexibility index (Phi) is 2.85. The highest BCUT2D eigenvalue weighted by atomic mass is 32.1. The molecule has 2 atom stereocenters. The van der Waals surface area contributed by atoms with E-state index in [1.54, 1.807) is 11.3 Å². The molecule has 0 bridgehead atoms. The van der Waals surface area contributed by atoms with Crippen LogP contribution in [0.1, 0.15) is 40.9 Å². The van der Waals surface area contributed by atoms with Crippen molar-refractivity contribution in [1.82, 2.24) is 4.98 Å². The van der Waals surface area contributed by atoms with Crippen LogP contribution in [0, 0.1) is 6.92 Å². The molecule has 1 fully saturated rings. The summed E-state index contributed by atoms with van der Waals surface area (Å²) in [6.07, 6.45) is 1.10. The number of hydrogen-bond acceptors (Lipinski definition) is 4. The lowest BCUT2D eigenvalue weighted by Crippen LogP contribution is -2.05. The van der Waals surface area contributed by atoms with Gasteiger partial charge in [0.15, 0.2) is 0 Å². The molecule has 1 aliphatic heterocycles. The van der Waals surface area contributed by atoms with Gasteiger partial charge in [-0.3, -0.25) is 0 Å². The molecule has 2 heterocycles. The van der Waals surface area contributed by atoms with Crippen LogP contribution in [-0.2, 0) is 4.74 Å². The summed E-state index contributed by atoms with van der Waals surface area (Å²) < 4.78 is 5.37. The van der Waals surface area contributed by atoms with E-state index in [0.29, 0.717) is 5.92 Å². The highest BCUT2D eigenvalue weighted by molar-refractivity contribution is 7.11. The number of nitrogens with zero attached hydrogens (tertiary/aromatic N) is 1. The Morgan fingerprint density at radius 2 is 2.43 bits per heavy atom. The third kappa shape index (κ3) is 1.82. The zero-order chi connectivity index (χ0) is 10.1. The third-order valence-corrected chi connectivity index (χ3v) is 3.74. The summed E-state index contributed by atoms with van der Waals surface area (Å²) >= 11 is 1.72. The minimum atomic E-state index is 0.0507. The van der Waals surface area contributed by atoms with Gasteiger partial charge >= 0.3 is 0 Å². The van der Waals surface area contributed by atoms with E-state index in [2.05, 4.69) is 11.9 Å². The lowest BCUT2D eigenvalue weighted by molar-refractivity contribution is 0.193. The first kappa shape index (κ1) is 10.1. The molecular formula is C10H16N2OS. The second kappa shape index (κ2) is 3.96. The second-order valence-corrected chi connectivity index (χ2v) is 5.08. The van der Waals surface area contributed by atoms with E-state index in [1.807, 2.05) is 6.92 Å². The number of hydrogen-bond donors (Lipinski definition) is 1. The lowest BCUT2D eigenvalue weighted by atomic mass is 10.0. The summed E-state index contributed by atoms with van der Waals surface area (Å²) in [6, 6.07) is 0.0507. The van der Waals surface area contributed by atoms with Gasteiger partial charge in [0.2, 0.25) is 0 Å². The molecule has 78 valence electrons. The molecule has 1 aromatic heterocycles. The van der Waals surface area contributed by atoms with Gasteiger partial charge < -0.3 is 10.5 Å². The molecule has 1 aliphatic rings. The zero-order valence-electron chi connectivity index (χ0n) is 8.62. The quantitative estimate of drug-likeness (QED) is 0.815. The Balaban J connectivity index is 2.24. The number of ether oxygens (including phenoxy) is 1. The normalized spacial score (nSPS) is 24.1. The average molecular weight is 212 g/mol. The molecule has 0 spiro atoms. The number of thiazole rings is 1. The van der Waals surface area contributed by atoms with Crippen LogP contribution in [0.3, 0.4) is 0 Å². The van der Waals surface area contributed by atoms with Gasteiger partial charge in [-0.1, -0.05) is 0 Å². The largest absolute Gasteiger partial charge is 0.381 e. The van der Waals surface area contributed by atoms with Crippen LogP contribution in [0.5, 0.6) is 0 Å². The van der Waals surface area contributed by atoms with Gasteiger partial charge in [-0.15, -0.1) is 11.3 Å². The molecule has 1 saturated heterocycles. The summed E-state index contributed by atoms with van der Waals surface area (Å²) in [4.78, 5) is 5.90. The molecule has 14 heavy (non-hydrogen) atoms. The minimum absolute atomic E-state index is 0.0507. The van der Waals surface area contributed by atoms with Crippen molar-refractivity contribution in [2.75, 3.05) is 13.2 Å². The van der Waals surface area contributed by atoms with Crippen molar-refractivity contribution >= 4 is 11.3 Å². The maximum Gasteiger partial charge on any atom is 0.110 e. The highest BCUT2D eigenvalue weighted by Crippen LogP contribution is 2.31. The van der Waals surface area contributed by atoms with Gasteiger partial charge in [0, 0.05) is 17.4 Å². The van der Waals surface area contributed by atoms with Crippen molar-refractivity contribution in [2.45, 2.75) is 32.2 Å². The monoisotopic (exact) mass is 212 g/mol. The van der Waals surface area contributed by atoms with E-state index in [0.717, 1.165) is 24.6 Å². The Hall–Kier alpha value is -0.450. The van der Waals surface area contributed by atoms with E-state index in [-0.39, 0.29) is 6.04 Å². The van der Waals surface area contributed by atoms with Crippen molar-refractivity contribution < 1.29 is 4.74 Å². The molecule has 0 saturated carbocycles. The molecule has 1 unspecified atom stereocenters. The molecule has 0 aliphatic carbocycles. The smallest absolute Gasteiger partial charge is 0.110 e. The predicted octanol–water partition coefficient (Wildman–Crippen LogP) is 1.98. The van der Waals surface area contributed by atoms with E-state index in [1.165, 1.54) is 10.6 Å². The van der Waals surface area contributed by atoms with Crippen LogP contribution < -0.4 is 5.73 Å². The number of rotatable bonds is 2. The van der Waals surface area contributed by atoms with E-state index >= 15 is 0 Å². The van der Waals surface area contributed by atoms with Crippen LogP contribution in [0.25, 0.3) is 0 Å². The fourth-order valence-corrected chi connectivity index (χ4v) is 2.71. The number of aromatic nitrogens is 1. The Bertz CT molecular complexity index is 316. The van der Waals surface area contributed by atoms with Gasteiger partial charge in [0.05, 0.1) is 18.3 Å². The molecule has 2 N–H and O–H groups in total. The van der Waals surface area contributed by atoms with E-state index in [9.17, 15) is 0 Å². The molecule has 3 nitrogen and oxygen atoms in total. The maximum absolute atomic E-state index is 5.81. The van der Waals surface area contributed by atoms with Gasteiger partial charge in [-0.25, -0.2) is 4.98 Å². The van der Waals surface area contributed by atoms with Crippen LogP contribution in [0.4, 0.5) is 0 Å². The maximum atomic E-state index is 5.81. The molecule has 0 aromatic carbocycles. The number of aryl methyl sites for hydroxylation is 1.